The van der Waals surface area contributed by atoms with Crippen molar-refractivity contribution in [2.45, 2.75) is 52.0 Å². The van der Waals surface area contributed by atoms with E-state index in [1.54, 1.807) is 22.8 Å². The van der Waals surface area contributed by atoms with Crippen LogP contribution >= 0.6 is 0 Å². The summed E-state index contributed by atoms with van der Waals surface area (Å²) in [6, 6.07) is 8.29. The van der Waals surface area contributed by atoms with Crippen LogP contribution in [0.5, 0.6) is 0 Å². The summed E-state index contributed by atoms with van der Waals surface area (Å²) in [5, 5.41) is 6.98. The summed E-state index contributed by atoms with van der Waals surface area (Å²) in [5.41, 5.74) is 3.23. The molecule has 1 fully saturated rings. The van der Waals surface area contributed by atoms with Crippen LogP contribution < -0.4 is 5.32 Å². The molecule has 6 nitrogen and oxygen atoms in total. The lowest BCUT2D eigenvalue weighted by Crippen LogP contribution is -2.94. The van der Waals surface area contributed by atoms with Crippen molar-refractivity contribution in [3.8, 4) is 11.3 Å². The standard InChI is InChI=1S/C24H30FN5O/c1-6-24(5)15-26-11-12-29(24)22(31)20-14-30-21(27-20)18(23(2,3)4)13-19(28-30)16-7-9-17(25)10-8-16/h7-10,13-14,26H,6,11-12,15H2,1-5H3/p+1. The monoisotopic (exact) mass is 424 g/mol. The van der Waals surface area contributed by atoms with Gasteiger partial charge >= 0.3 is 0 Å². The van der Waals surface area contributed by atoms with Gasteiger partial charge in [0, 0.05) is 11.1 Å². The van der Waals surface area contributed by atoms with Gasteiger partial charge in [0.2, 0.25) is 0 Å². The molecule has 2 aromatic heterocycles. The van der Waals surface area contributed by atoms with E-state index in [4.69, 9.17) is 10.1 Å². The molecule has 1 atom stereocenters. The van der Waals surface area contributed by atoms with E-state index >= 15 is 0 Å². The van der Waals surface area contributed by atoms with Gasteiger partial charge in [0.05, 0.1) is 37.1 Å². The summed E-state index contributed by atoms with van der Waals surface area (Å²) < 4.78 is 15.1. The fourth-order valence-corrected chi connectivity index (χ4v) is 4.23. The molecule has 2 N–H and O–H groups in total. The van der Waals surface area contributed by atoms with E-state index in [0.717, 1.165) is 36.3 Å². The number of carbonyl (C=O) groups is 1. The number of hydrogen-bond donors (Lipinski definition) is 1. The number of fused-ring (bicyclic) bond motifs is 1. The Morgan fingerprint density at radius 1 is 1.26 bits per heavy atom. The van der Waals surface area contributed by atoms with Gasteiger partial charge in [0.1, 0.15) is 11.5 Å². The molecule has 1 aromatic carbocycles. The Bertz CT molecular complexity index is 1120. The Balaban J connectivity index is 1.82. The number of nitrogens with zero attached hydrogens (tertiary/aromatic N) is 4. The molecule has 1 aliphatic rings. The summed E-state index contributed by atoms with van der Waals surface area (Å²) in [4.78, 5) is 20.2. The van der Waals surface area contributed by atoms with Crippen LogP contribution in [0.25, 0.3) is 16.9 Å². The number of quaternary nitrogens is 1. The van der Waals surface area contributed by atoms with Crippen LogP contribution in [0.3, 0.4) is 0 Å². The molecule has 3 aromatic rings. The van der Waals surface area contributed by atoms with Crippen LogP contribution in [0.4, 0.5) is 4.39 Å². The average molecular weight is 425 g/mol. The first-order chi connectivity index (χ1) is 14.6. The molecule has 1 saturated heterocycles. The van der Waals surface area contributed by atoms with Crippen molar-refractivity contribution < 1.29 is 14.5 Å². The lowest BCUT2D eigenvalue weighted by molar-refractivity contribution is -0.674. The number of halogens is 1. The highest BCUT2D eigenvalue weighted by atomic mass is 19.1. The number of hydrogen-bond acceptors (Lipinski definition) is 3. The average Bonchev–Trinajstić information content (AvgIpc) is 3.17. The summed E-state index contributed by atoms with van der Waals surface area (Å²) in [6.45, 7) is 13.1. The molecule has 1 aliphatic heterocycles. The summed E-state index contributed by atoms with van der Waals surface area (Å²) in [5.74, 6) is -0.333. The summed E-state index contributed by atoms with van der Waals surface area (Å²) in [6.07, 6.45) is 2.62. The Kier molecular flexibility index (Phi) is 5.33. The van der Waals surface area contributed by atoms with Gasteiger partial charge in [-0.15, -0.1) is 0 Å². The van der Waals surface area contributed by atoms with Crippen LogP contribution in [-0.4, -0.2) is 50.6 Å². The molecule has 0 bridgehead atoms. The first-order valence-electron chi connectivity index (χ1n) is 10.9. The van der Waals surface area contributed by atoms with E-state index < -0.39 is 0 Å². The zero-order valence-electron chi connectivity index (χ0n) is 18.9. The third-order valence-electron chi connectivity index (χ3n) is 6.39. The molecular formula is C24H31FN5O+. The van der Waals surface area contributed by atoms with Crippen LogP contribution in [0, 0.1) is 5.82 Å². The Hall–Kier alpha value is -2.80. The van der Waals surface area contributed by atoms with E-state index in [1.165, 1.54) is 12.1 Å². The molecule has 164 valence electrons. The highest BCUT2D eigenvalue weighted by Crippen LogP contribution is 2.30. The second-order valence-electron chi connectivity index (χ2n) is 9.68. The molecule has 1 unspecified atom stereocenters. The molecule has 31 heavy (non-hydrogen) atoms. The van der Waals surface area contributed by atoms with Gasteiger partial charge in [-0.05, 0) is 49.1 Å². The molecule has 0 radical (unpaired) electrons. The normalized spacial score (nSPS) is 19.7. The SMILES string of the molecule is CCC1(C)C[NH2+]CCN1C(=O)c1cn2nc(-c3ccc(F)cc3)cc(C(C)(C)C)c2n1. The van der Waals surface area contributed by atoms with Gasteiger partial charge in [0.25, 0.3) is 5.91 Å². The quantitative estimate of drug-likeness (QED) is 0.703. The molecule has 0 saturated carbocycles. The molecule has 3 heterocycles. The van der Waals surface area contributed by atoms with Gasteiger partial charge < -0.3 is 10.2 Å². The minimum absolute atomic E-state index is 0.0499. The molecule has 4 rings (SSSR count). The second-order valence-corrected chi connectivity index (χ2v) is 9.68. The highest BCUT2D eigenvalue weighted by Gasteiger charge is 2.39. The maximum Gasteiger partial charge on any atom is 0.275 e. The third-order valence-corrected chi connectivity index (χ3v) is 6.39. The number of aromatic nitrogens is 3. The van der Waals surface area contributed by atoms with Crippen LogP contribution in [0.1, 0.15) is 57.1 Å². The molecule has 1 amide bonds. The molecule has 7 heteroatoms. The van der Waals surface area contributed by atoms with Crippen molar-refractivity contribution in [3.05, 3.63) is 53.6 Å². The van der Waals surface area contributed by atoms with Crippen molar-refractivity contribution in [1.82, 2.24) is 19.5 Å². The Labute approximate surface area is 182 Å². The first kappa shape index (κ1) is 21.4. The topological polar surface area (TPSA) is 67.1 Å². The predicted molar refractivity (Wildman–Crippen MR) is 118 cm³/mol. The van der Waals surface area contributed by atoms with E-state index in [-0.39, 0.29) is 22.7 Å². The molecule has 0 aliphatic carbocycles. The van der Waals surface area contributed by atoms with Crippen LogP contribution in [-0.2, 0) is 5.41 Å². The van der Waals surface area contributed by atoms with Gasteiger partial charge in [-0.3, -0.25) is 4.79 Å². The minimum atomic E-state index is -0.283. The molecule has 0 spiro atoms. The predicted octanol–water partition coefficient (Wildman–Crippen LogP) is 3.02. The lowest BCUT2D eigenvalue weighted by Gasteiger charge is -2.42. The number of piperazine rings is 1. The second kappa shape index (κ2) is 7.71. The number of carbonyl (C=O) groups excluding carboxylic acids is 1. The number of amides is 1. The fourth-order valence-electron chi connectivity index (χ4n) is 4.23. The smallest absolute Gasteiger partial charge is 0.275 e. The maximum atomic E-state index is 13.5. The number of rotatable bonds is 3. The van der Waals surface area contributed by atoms with E-state index in [2.05, 4.69) is 39.9 Å². The summed E-state index contributed by atoms with van der Waals surface area (Å²) >= 11 is 0. The Morgan fingerprint density at radius 2 is 1.97 bits per heavy atom. The van der Waals surface area contributed by atoms with Crippen LogP contribution in [0.15, 0.2) is 36.5 Å². The van der Waals surface area contributed by atoms with Crippen LogP contribution in [0.2, 0.25) is 0 Å². The largest absolute Gasteiger partial charge is 0.343 e. The number of imidazole rings is 1. The zero-order chi connectivity index (χ0) is 22.4. The number of benzene rings is 1. The van der Waals surface area contributed by atoms with Gasteiger partial charge in [0.15, 0.2) is 5.65 Å². The van der Waals surface area contributed by atoms with E-state index in [1.807, 2.05) is 11.0 Å². The fraction of sp³-hybridized carbons (Fsp3) is 0.458. The minimum Gasteiger partial charge on any atom is -0.343 e. The van der Waals surface area contributed by atoms with Crippen molar-refractivity contribution in [2.75, 3.05) is 19.6 Å². The van der Waals surface area contributed by atoms with E-state index in [0.29, 0.717) is 17.9 Å². The van der Waals surface area contributed by atoms with Crippen molar-refractivity contribution in [1.29, 1.82) is 0 Å². The van der Waals surface area contributed by atoms with Gasteiger partial charge in [-0.1, -0.05) is 27.7 Å². The zero-order valence-corrected chi connectivity index (χ0v) is 18.9. The van der Waals surface area contributed by atoms with Crippen molar-refractivity contribution in [2.24, 2.45) is 0 Å². The molecular weight excluding hydrogens is 393 g/mol. The third kappa shape index (κ3) is 3.94. The summed E-state index contributed by atoms with van der Waals surface area (Å²) in [7, 11) is 0. The Morgan fingerprint density at radius 3 is 2.61 bits per heavy atom. The first-order valence-corrected chi connectivity index (χ1v) is 10.9. The van der Waals surface area contributed by atoms with E-state index in [9.17, 15) is 9.18 Å². The van der Waals surface area contributed by atoms with Crippen molar-refractivity contribution in [3.63, 3.8) is 0 Å². The lowest BCUT2D eigenvalue weighted by atomic mass is 9.87. The van der Waals surface area contributed by atoms with Gasteiger partial charge in [-0.2, -0.15) is 5.10 Å². The number of nitrogens with two attached hydrogens (primary N) is 1. The highest BCUT2D eigenvalue weighted by molar-refractivity contribution is 5.93. The van der Waals surface area contributed by atoms with Crippen molar-refractivity contribution >= 4 is 11.6 Å². The van der Waals surface area contributed by atoms with Gasteiger partial charge in [-0.25, -0.2) is 13.9 Å². The maximum absolute atomic E-state index is 13.5.